The third-order valence-electron chi connectivity index (χ3n) is 1.10. The van der Waals surface area contributed by atoms with E-state index in [1.165, 1.54) is 0 Å². The van der Waals surface area contributed by atoms with Crippen LogP contribution in [0, 0.1) is 0 Å². The molecule has 7 heavy (non-hydrogen) atoms. The van der Waals surface area contributed by atoms with Crippen molar-refractivity contribution >= 4 is 17.9 Å². The number of hydrogen-bond donors (Lipinski definition) is 0. The minimum Gasteiger partial charge on any atom is -0.424 e. The van der Waals surface area contributed by atoms with Gasteiger partial charge in [-0.3, -0.25) is 0 Å². The van der Waals surface area contributed by atoms with E-state index in [4.69, 9.17) is 4.43 Å². The summed E-state index contributed by atoms with van der Waals surface area (Å²) in [5.41, 5.74) is 0. The summed E-state index contributed by atoms with van der Waals surface area (Å²) in [6.07, 6.45) is 0.986. The summed E-state index contributed by atoms with van der Waals surface area (Å²) >= 11 is 0. The predicted molar refractivity (Wildman–Crippen MR) is 32.2 cm³/mol. The fourth-order valence-corrected chi connectivity index (χ4v) is 4.74. The molecule has 1 heterocycles. The van der Waals surface area contributed by atoms with Crippen molar-refractivity contribution in [3.63, 3.8) is 0 Å². The fraction of sp³-hybridized carbons (Fsp3) is 1.00. The van der Waals surface area contributed by atoms with Crippen LogP contribution in [-0.2, 0) is 4.43 Å². The Kier molecular flexibility index (Phi) is 2.02. The van der Waals surface area contributed by atoms with E-state index in [1.54, 1.807) is 0 Å². The van der Waals surface area contributed by atoms with E-state index in [0.29, 0.717) is 0 Å². The highest BCUT2D eigenvalue weighted by atomic mass is 29.2. The van der Waals surface area contributed by atoms with E-state index in [2.05, 4.69) is 0 Å². The van der Waals surface area contributed by atoms with E-state index < -0.39 is 17.9 Å². The number of rotatable bonds is 0. The molecule has 1 nitrogen and oxygen atoms in total. The lowest BCUT2D eigenvalue weighted by molar-refractivity contribution is 0.331. The summed E-state index contributed by atoms with van der Waals surface area (Å²) in [5, 5.41) is 0. The summed E-state index contributed by atoms with van der Waals surface area (Å²) in [6, 6.07) is 0.895. The molecule has 1 saturated heterocycles. The Hall–Kier alpha value is 0.324. The van der Waals surface area contributed by atoms with Gasteiger partial charge in [0.05, 0.1) is 0 Å². The van der Waals surface area contributed by atoms with Crippen molar-refractivity contribution in [3.05, 3.63) is 0 Å². The van der Waals surface area contributed by atoms with Crippen LogP contribution >= 0.6 is 0 Å². The van der Waals surface area contributed by atoms with Crippen LogP contribution in [0.3, 0.4) is 0 Å². The molecule has 42 valence electrons. The summed E-state index contributed by atoms with van der Waals surface area (Å²) < 4.78 is 17.3. The van der Waals surface area contributed by atoms with Gasteiger partial charge in [-0.2, -0.15) is 0 Å². The maximum absolute atomic E-state index is 12.3. The van der Waals surface area contributed by atoms with Crippen molar-refractivity contribution in [1.29, 1.82) is 0 Å². The SMILES string of the molecule is F[SiH]1CCCO[SiH2]1. The van der Waals surface area contributed by atoms with Crippen molar-refractivity contribution in [2.24, 2.45) is 0 Å². The molecule has 1 aliphatic heterocycles. The minimum absolute atomic E-state index is 0.595. The molecule has 0 N–H and O–H groups in total. The summed E-state index contributed by atoms with van der Waals surface area (Å²) in [6.45, 7) is 0.847. The first-order valence-corrected chi connectivity index (χ1v) is 7.71. The Morgan fingerprint density at radius 1 is 1.71 bits per heavy atom. The van der Waals surface area contributed by atoms with Gasteiger partial charge < -0.3 is 8.53 Å². The molecule has 0 spiro atoms. The molecule has 0 bridgehead atoms. The molecule has 0 aromatic carbocycles. The summed E-state index contributed by atoms with van der Waals surface area (Å²) in [4.78, 5) is 0. The third kappa shape index (κ3) is 1.71. The average molecular weight is 136 g/mol. The van der Waals surface area contributed by atoms with Gasteiger partial charge >= 0.3 is 0 Å². The van der Waals surface area contributed by atoms with Crippen molar-refractivity contribution in [2.45, 2.75) is 12.5 Å². The highest BCUT2D eigenvalue weighted by molar-refractivity contribution is 7.06. The Morgan fingerprint density at radius 3 is 2.86 bits per heavy atom. The summed E-state index contributed by atoms with van der Waals surface area (Å²) in [5.74, 6) is 0. The Balaban J connectivity index is 2.12. The topological polar surface area (TPSA) is 9.23 Å². The van der Waals surface area contributed by atoms with Gasteiger partial charge in [0.25, 0.3) is 0 Å². The predicted octanol–water partition coefficient (Wildman–Crippen LogP) is -0.320. The second kappa shape index (κ2) is 2.59. The van der Waals surface area contributed by atoms with Crippen molar-refractivity contribution in [1.82, 2.24) is 0 Å². The maximum Gasteiger partial charge on any atom is 0.243 e. The van der Waals surface area contributed by atoms with Gasteiger partial charge in [0, 0.05) is 6.61 Å². The highest BCUT2D eigenvalue weighted by Gasteiger charge is 2.14. The Morgan fingerprint density at radius 2 is 2.57 bits per heavy atom. The second-order valence-corrected chi connectivity index (χ2v) is 7.99. The van der Waals surface area contributed by atoms with Crippen molar-refractivity contribution in [2.75, 3.05) is 6.61 Å². The first-order valence-electron chi connectivity index (χ1n) is 2.61. The lowest BCUT2D eigenvalue weighted by atomic mass is 10.5. The van der Waals surface area contributed by atoms with Crippen LogP contribution in [0.5, 0.6) is 0 Å². The largest absolute Gasteiger partial charge is 0.424 e. The molecule has 1 atom stereocenters. The third-order valence-corrected chi connectivity index (χ3v) is 6.04. The van der Waals surface area contributed by atoms with Gasteiger partial charge in [0.2, 0.25) is 8.65 Å². The van der Waals surface area contributed by atoms with Crippen LogP contribution in [0.25, 0.3) is 0 Å². The van der Waals surface area contributed by atoms with E-state index in [-0.39, 0.29) is 0 Å². The smallest absolute Gasteiger partial charge is 0.243 e. The molecular formula is C3H9FOSi2. The molecule has 0 radical (unpaired) electrons. The van der Waals surface area contributed by atoms with Crippen molar-refractivity contribution in [3.8, 4) is 0 Å². The number of halogens is 1. The molecule has 1 fully saturated rings. The van der Waals surface area contributed by atoms with E-state index >= 15 is 0 Å². The Labute approximate surface area is 46.4 Å². The lowest BCUT2D eigenvalue weighted by Gasteiger charge is -2.11. The van der Waals surface area contributed by atoms with E-state index in [0.717, 1.165) is 19.1 Å². The van der Waals surface area contributed by atoms with Gasteiger partial charge in [-0.05, 0) is 12.5 Å². The van der Waals surface area contributed by atoms with Gasteiger partial charge in [-0.15, -0.1) is 0 Å². The molecule has 4 heteroatoms. The lowest BCUT2D eigenvalue weighted by Crippen LogP contribution is -2.25. The Bertz CT molecular complexity index is 54.9. The van der Waals surface area contributed by atoms with Crippen LogP contribution < -0.4 is 0 Å². The molecule has 0 amide bonds. The van der Waals surface area contributed by atoms with Gasteiger partial charge in [0.15, 0.2) is 9.28 Å². The maximum atomic E-state index is 12.3. The standard InChI is InChI=1S/C3H9FOSi2/c4-7-3-1-2-5-6-7/h7H,1-3,6H2. The first kappa shape index (κ1) is 5.46. The van der Waals surface area contributed by atoms with Crippen LogP contribution in [-0.4, -0.2) is 24.5 Å². The molecule has 0 aromatic rings. The molecule has 1 aliphatic rings. The highest BCUT2D eigenvalue weighted by Crippen LogP contribution is 2.03. The normalized spacial score (nSPS) is 36.4. The van der Waals surface area contributed by atoms with Gasteiger partial charge in [0.1, 0.15) is 0 Å². The van der Waals surface area contributed by atoms with Gasteiger partial charge in [-0.25, -0.2) is 0 Å². The molecular weight excluding hydrogens is 127 g/mol. The van der Waals surface area contributed by atoms with Crippen LogP contribution in [0.2, 0.25) is 6.04 Å². The van der Waals surface area contributed by atoms with E-state index in [1.807, 2.05) is 0 Å². The fourth-order valence-electron chi connectivity index (χ4n) is 0.701. The zero-order valence-electron chi connectivity index (χ0n) is 4.19. The number of hydrogen-bond acceptors (Lipinski definition) is 1. The first-order chi connectivity index (χ1) is 3.39. The molecule has 1 unspecified atom stereocenters. The average Bonchev–Trinajstić information content (AvgIpc) is 1.69. The van der Waals surface area contributed by atoms with Crippen LogP contribution in [0.15, 0.2) is 0 Å². The molecule has 0 saturated carbocycles. The zero-order valence-corrected chi connectivity index (χ0v) is 6.76. The molecule has 0 aliphatic carbocycles. The summed E-state index contributed by atoms with van der Waals surface area (Å²) in [7, 11) is -2.27. The van der Waals surface area contributed by atoms with Gasteiger partial charge in [-0.1, -0.05) is 0 Å². The second-order valence-electron chi connectivity index (χ2n) is 1.81. The van der Waals surface area contributed by atoms with E-state index in [9.17, 15) is 4.11 Å². The minimum atomic E-state index is -1.68. The van der Waals surface area contributed by atoms with Crippen molar-refractivity contribution < 1.29 is 8.53 Å². The molecule has 1 rings (SSSR count). The molecule has 0 aromatic heterocycles. The monoisotopic (exact) mass is 136 g/mol. The van der Waals surface area contributed by atoms with Crippen LogP contribution in [0.1, 0.15) is 6.42 Å². The quantitative estimate of drug-likeness (QED) is 0.328. The zero-order chi connectivity index (χ0) is 5.11. The van der Waals surface area contributed by atoms with Crippen LogP contribution in [0.4, 0.5) is 4.11 Å².